The lowest BCUT2D eigenvalue weighted by molar-refractivity contribution is 0.460. The summed E-state index contributed by atoms with van der Waals surface area (Å²) in [6.45, 7) is 1.86. The van der Waals surface area contributed by atoms with Crippen molar-refractivity contribution in [3.63, 3.8) is 0 Å². The van der Waals surface area contributed by atoms with Crippen LogP contribution in [0.2, 0.25) is 0 Å². The Bertz CT molecular complexity index is 789. The van der Waals surface area contributed by atoms with Gasteiger partial charge in [-0.2, -0.15) is 0 Å². The lowest BCUT2D eigenvalue weighted by atomic mass is 10.3. The van der Waals surface area contributed by atoms with E-state index in [1.54, 1.807) is 12.1 Å². The Labute approximate surface area is 124 Å². The number of para-hydroxylation sites is 2. The molecule has 0 fully saturated rings. The third-order valence-corrected chi connectivity index (χ3v) is 3.37. The summed E-state index contributed by atoms with van der Waals surface area (Å²) in [4.78, 5) is 8.96. The molecule has 2 N–H and O–H groups in total. The van der Waals surface area contributed by atoms with Crippen LogP contribution < -0.4 is 10.5 Å². The summed E-state index contributed by atoms with van der Waals surface area (Å²) in [5.74, 6) is 1.04. The summed E-state index contributed by atoms with van der Waals surface area (Å²) >= 11 is 3.37. The number of hydrogen-bond acceptors (Lipinski definition) is 4. The fourth-order valence-electron chi connectivity index (χ4n) is 1.89. The Morgan fingerprint density at radius 1 is 1.05 bits per heavy atom. The first-order chi connectivity index (χ1) is 9.63. The zero-order valence-corrected chi connectivity index (χ0v) is 12.4. The molecule has 3 aromatic rings. The maximum atomic E-state index is 5.93. The van der Waals surface area contributed by atoms with Crippen LogP contribution in [0.4, 0.5) is 5.69 Å². The molecule has 20 heavy (non-hydrogen) atoms. The third-order valence-electron chi connectivity index (χ3n) is 2.88. The van der Waals surface area contributed by atoms with Crippen LogP contribution in [0.1, 0.15) is 5.69 Å². The highest BCUT2D eigenvalue weighted by atomic mass is 79.9. The van der Waals surface area contributed by atoms with E-state index >= 15 is 0 Å². The van der Waals surface area contributed by atoms with Crippen molar-refractivity contribution in [2.75, 3.05) is 5.73 Å². The van der Waals surface area contributed by atoms with Crippen LogP contribution >= 0.6 is 15.9 Å². The first kappa shape index (κ1) is 12.9. The Kier molecular flexibility index (Phi) is 3.28. The number of nitrogens with two attached hydrogens (primary N) is 1. The van der Waals surface area contributed by atoms with E-state index in [1.165, 1.54) is 0 Å². The molecule has 0 saturated heterocycles. The standard InChI is InChI=1S/C15H12BrN3O/c1-9-15(19-13-5-3-2-4-12(13)18-9)20-14-7-6-10(16)8-11(14)17/h2-8H,17H2,1H3. The van der Waals surface area contributed by atoms with Crippen LogP contribution in [0.5, 0.6) is 11.6 Å². The third kappa shape index (κ3) is 2.44. The van der Waals surface area contributed by atoms with E-state index in [0.29, 0.717) is 17.3 Å². The molecule has 0 aliphatic heterocycles. The molecule has 1 heterocycles. The fraction of sp³-hybridized carbons (Fsp3) is 0.0667. The zero-order valence-electron chi connectivity index (χ0n) is 10.8. The van der Waals surface area contributed by atoms with Crippen molar-refractivity contribution in [3.8, 4) is 11.6 Å². The molecule has 0 radical (unpaired) electrons. The Morgan fingerprint density at radius 3 is 2.45 bits per heavy atom. The molecule has 0 saturated carbocycles. The topological polar surface area (TPSA) is 61.0 Å². The number of fused-ring (bicyclic) bond motifs is 1. The number of anilines is 1. The molecule has 0 bridgehead atoms. The molecule has 3 rings (SSSR count). The van der Waals surface area contributed by atoms with Gasteiger partial charge in [0.05, 0.1) is 16.7 Å². The van der Waals surface area contributed by atoms with Gasteiger partial charge in [-0.3, -0.25) is 0 Å². The lowest BCUT2D eigenvalue weighted by Crippen LogP contribution is -1.98. The van der Waals surface area contributed by atoms with E-state index < -0.39 is 0 Å². The monoisotopic (exact) mass is 329 g/mol. The van der Waals surface area contributed by atoms with Gasteiger partial charge in [0.1, 0.15) is 5.69 Å². The minimum absolute atomic E-state index is 0.470. The van der Waals surface area contributed by atoms with E-state index in [0.717, 1.165) is 21.2 Å². The first-order valence-corrected chi connectivity index (χ1v) is 6.89. The van der Waals surface area contributed by atoms with Gasteiger partial charge in [0.2, 0.25) is 5.88 Å². The SMILES string of the molecule is Cc1nc2ccccc2nc1Oc1ccc(Br)cc1N. The lowest BCUT2D eigenvalue weighted by Gasteiger charge is -2.10. The summed E-state index contributed by atoms with van der Waals surface area (Å²) in [6.07, 6.45) is 0. The average molecular weight is 330 g/mol. The summed E-state index contributed by atoms with van der Waals surface area (Å²) in [6, 6.07) is 13.1. The molecular formula is C15H12BrN3O. The average Bonchev–Trinajstić information content (AvgIpc) is 2.42. The van der Waals surface area contributed by atoms with E-state index in [9.17, 15) is 0 Å². The normalized spacial score (nSPS) is 10.7. The Hall–Kier alpha value is -2.14. The quantitative estimate of drug-likeness (QED) is 0.720. The second-order valence-electron chi connectivity index (χ2n) is 4.39. The van der Waals surface area contributed by atoms with E-state index in [-0.39, 0.29) is 0 Å². The van der Waals surface area contributed by atoms with Gasteiger partial charge in [-0.05, 0) is 37.3 Å². The summed E-state index contributed by atoms with van der Waals surface area (Å²) < 4.78 is 6.69. The summed E-state index contributed by atoms with van der Waals surface area (Å²) in [5.41, 5.74) is 8.85. The number of rotatable bonds is 2. The molecule has 1 aromatic heterocycles. The van der Waals surface area contributed by atoms with Gasteiger partial charge in [0.25, 0.3) is 0 Å². The molecule has 0 aliphatic rings. The number of benzene rings is 2. The number of halogens is 1. The van der Waals surface area contributed by atoms with Crippen molar-refractivity contribution in [2.45, 2.75) is 6.92 Å². The molecule has 100 valence electrons. The number of aryl methyl sites for hydroxylation is 1. The van der Waals surface area contributed by atoms with Crippen molar-refractivity contribution in [1.29, 1.82) is 0 Å². The predicted molar refractivity (Wildman–Crippen MR) is 82.9 cm³/mol. The molecule has 4 nitrogen and oxygen atoms in total. The van der Waals surface area contributed by atoms with Crippen molar-refractivity contribution >= 4 is 32.7 Å². The van der Waals surface area contributed by atoms with Gasteiger partial charge < -0.3 is 10.5 Å². The minimum Gasteiger partial charge on any atom is -0.435 e. The van der Waals surface area contributed by atoms with Gasteiger partial charge in [-0.1, -0.05) is 28.1 Å². The number of nitrogen functional groups attached to an aromatic ring is 1. The van der Waals surface area contributed by atoms with Crippen LogP contribution in [-0.4, -0.2) is 9.97 Å². The van der Waals surface area contributed by atoms with Gasteiger partial charge in [-0.25, -0.2) is 9.97 Å². The summed E-state index contributed by atoms with van der Waals surface area (Å²) in [7, 11) is 0. The van der Waals surface area contributed by atoms with E-state index in [1.807, 2.05) is 37.3 Å². The highest BCUT2D eigenvalue weighted by molar-refractivity contribution is 9.10. The maximum Gasteiger partial charge on any atom is 0.241 e. The molecule has 2 aromatic carbocycles. The molecule has 0 spiro atoms. The Morgan fingerprint density at radius 2 is 1.75 bits per heavy atom. The molecule has 0 unspecified atom stereocenters. The van der Waals surface area contributed by atoms with Crippen LogP contribution in [0, 0.1) is 6.92 Å². The van der Waals surface area contributed by atoms with Crippen molar-refractivity contribution in [2.24, 2.45) is 0 Å². The van der Waals surface area contributed by atoms with Crippen molar-refractivity contribution < 1.29 is 4.74 Å². The van der Waals surface area contributed by atoms with Crippen LogP contribution in [0.3, 0.4) is 0 Å². The van der Waals surface area contributed by atoms with E-state index in [4.69, 9.17) is 10.5 Å². The molecule has 0 atom stereocenters. The number of ether oxygens (including phenoxy) is 1. The van der Waals surface area contributed by atoms with Crippen molar-refractivity contribution in [1.82, 2.24) is 9.97 Å². The van der Waals surface area contributed by atoms with Crippen LogP contribution in [0.25, 0.3) is 11.0 Å². The number of nitrogens with zero attached hydrogens (tertiary/aromatic N) is 2. The predicted octanol–water partition coefficient (Wildman–Crippen LogP) is 4.08. The Balaban J connectivity index is 2.03. The van der Waals surface area contributed by atoms with Crippen LogP contribution in [0.15, 0.2) is 46.9 Å². The zero-order chi connectivity index (χ0) is 14.1. The smallest absolute Gasteiger partial charge is 0.241 e. The fourth-order valence-corrected chi connectivity index (χ4v) is 2.26. The number of aromatic nitrogens is 2. The minimum atomic E-state index is 0.470. The molecule has 5 heteroatoms. The molecule has 0 aliphatic carbocycles. The largest absolute Gasteiger partial charge is 0.435 e. The van der Waals surface area contributed by atoms with Gasteiger partial charge in [0, 0.05) is 4.47 Å². The first-order valence-electron chi connectivity index (χ1n) is 6.10. The highest BCUT2D eigenvalue weighted by Crippen LogP contribution is 2.30. The second-order valence-corrected chi connectivity index (χ2v) is 5.30. The second kappa shape index (κ2) is 5.09. The summed E-state index contributed by atoms with van der Waals surface area (Å²) in [5, 5.41) is 0. The molecular weight excluding hydrogens is 318 g/mol. The van der Waals surface area contributed by atoms with Crippen LogP contribution in [-0.2, 0) is 0 Å². The van der Waals surface area contributed by atoms with E-state index in [2.05, 4.69) is 25.9 Å². The molecule has 0 amide bonds. The van der Waals surface area contributed by atoms with Gasteiger partial charge in [-0.15, -0.1) is 0 Å². The maximum absolute atomic E-state index is 5.93. The number of hydrogen-bond donors (Lipinski definition) is 1. The van der Waals surface area contributed by atoms with Gasteiger partial charge in [0.15, 0.2) is 5.75 Å². The van der Waals surface area contributed by atoms with Gasteiger partial charge >= 0.3 is 0 Å². The highest BCUT2D eigenvalue weighted by Gasteiger charge is 2.09. The van der Waals surface area contributed by atoms with Crippen molar-refractivity contribution in [3.05, 3.63) is 52.6 Å².